The standard InChI is InChI=1S/C37H60N2.C35H56N2.C30H50N2/c1-36(2,3)26-32-9-13-34(14-10-32)28-38(7)21-17-30(18-22-38)25-31-19-23-39(8,24-20-31)29-35-15-11-33(12-16-35)27-37(4,5)6;1-34(2,3)22-28-9-13-30(14-10-28)24-36(7)19-17-32(26-36)21-33-18-20-37(8,27-33)25-31-15-11-29(12-16-31)23-35(4,5)6;1-29(2,3)21-25-11-15-27(16-12-25)23-31(7,8)19-20-32(9,10)24-28-17-13-26(14-18-28)22-30(4,5)6/h9-16,30-31H,17-29H2,1-8H3;9-16,32-33H,17-27H2,1-8H3;11-18H,19-24H2,1-10H3/q3*+2. The second kappa shape index (κ2) is 36.5. The van der Waals surface area contributed by atoms with Crippen molar-refractivity contribution in [1.29, 1.82) is 0 Å². The molecule has 6 heteroatoms. The van der Waals surface area contributed by atoms with Crippen molar-refractivity contribution in [2.45, 2.75) is 254 Å². The summed E-state index contributed by atoms with van der Waals surface area (Å²) in [5.74, 6) is 3.70. The molecule has 0 aliphatic carbocycles. The zero-order valence-corrected chi connectivity index (χ0v) is 75.1. The molecule has 0 N–H and O–H groups in total. The first-order valence-corrected chi connectivity index (χ1v) is 43.3. The molecule has 598 valence electrons. The molecule has 4 fully saturated rings. The number of hydrogen-bond donors (Lipinski definition) is 0. The normalized spacial score (nSPS) is 24.1. The molecule has 4 heterocycles. The molecular formula is C102H166N6+6. The topological polar surface area (TPSA) is 0 Å². The summed E-state index contributed by atoms with van der Waals surface area (Å²) in [7, 11) is 19.5. The number of likely N-dealkylation sites (tertiary alicyclic amines) is 4. The number of rotatable bonds is 25. The van der Waals surface area contributed by atoms with Crippen LogP contribution in [0.2, 0.25) is 0 Å². The van der Waals surface area contributed by atoms with Crippen LogP contribution in [-0.4, -0.2) is 149 Å². The lowest BCUT2D eigenvalue weighted by Crippen LogP contribution is -2.50. The summed E-state index contributed by atoms with van der Waals surface area (Å²) in [4.78, 5) is 0. The second-order valence-electron chi connectivity index (χ2n) is 46.4. The van der Waals surface area contributed by atoms with E-state index in [1.54, 1.807) is 0 Å². The van der Waals surface area contributed by atoms with Gasteiger partial charge in [-0.1, -0.05) is 270 Å². The van der Waals surface area contributed by atoms with Gasteiger partial charge in [0.2, 0.25) is 0 Å². The van der Waals surface area contributed by atoms with Gasteiger partial charge in [-0.15, -0.1) is 0 Å². The molecule has 6 aromatic carbocycles. The van der Waals surface area contributed by atoms with Gasteiger partial charge in [-0.3, -0.25) is 0 Å². The first-order chi connectivity index (χ1) is 49.9. The van der Waals surface area contributed by atoms with Gasteiger partial charge in [0.15, 0.2) is 0 Å². The molecule has 6 aromatic rings. The zero-order chi connectivity index (χ0) is 79.4. The highest BCUT2D eigenvalue weighted by Gasteiger charge is 2.41. The second-order valence-corrected chi connectivity index (χ2v) is 46.4. The average molecular weight is 1480 g/mol. The minimum absolute atomic E-state index is 0.341. The Kier molecular flexibility index (Phi) is 29.9. The lowest BCUT2D eigenvalue weighted by atomic mass is 9.81. The van der Waals surface area contributed by atoms with Crippen LogP contribution in [0.25, 0.3) is 0 Å². The van der Waals surface area contributed by atoms with E-state index in [2.05, 4.69) is 327 Å². The lowest BCUT2D eigenvalue weighted by Gasteiger charge is -2.44. The molecule has 0 radical (unpaired) electrons. The van der Waals surface area contributed by atoms with E-state index in [9.17, 15) is 0 Å². The predicted octanol–water partition coefficient (Wildman–Crippen LogP) is 23.3. The Labute approximate surface area is 667 Å². The molecule has 0 amide bonds. The van der Waals surface area contributed by atoms with Crippen LogP contribution in [0.1, 0.15) is 243 Å². The largest absolute Gasteiger partial charge is 0.322 e. The molecule has 10 rings (SSSR count). The fourth-order valence-corrected chi connectivity index (χ4v) is 19.2. The van der Waals surface area contributed by atoms with E-state index in [1.807, 2.05) is 0 Å². The molecule has 4 atom stereocenters. The number of nitrogens with zero attached hydrogens (tertiary/aromatic N) is 6. The summed E-state index contributed by atoms with van der Waals surface area (Å²) < 4.78 is 6.94. The summed E-state index contributed by atoms with van der Waals surface area (Å²) in [5, 5.41) is 0. The Hall–Kier alpha value is -4.92. The van der Waals surface area contributed by atoms with Gasteiger partial charge < -0.3 is 26.9 Å². The fourth-order valence-electron chi connectivity index (χ4n) is 19.2. The Bertz CT molecular complexity index is 3390. The molecule has 6 nitrogen and oxygen atoms in total. The molecule has 4 saturated heterocycles. The summed E-state index contributed by atoms with van der Waals surface area (Å²) in [5.41, 5.74) is 19.8. The Morgan fingerprint density at radius 2 is 0.407 bits per heavy atom. The van der Waals surface area contributed by atoms with Crippen molar-refractivity contribution < 1.29 is 26.9 Å². The van der Waals surface area contributed by atoms with Crippen molar-refractivity contribution in [1.82, 2.24) is 0 Å². The highest BCUT2D eigenvalue weighted by molar-refractivity contribution is 5.28. The predicted molar refractivity (Wildman–Crippen MR) is 468 cm³/mol. The smallest absolute Gasteiger partial charge is 0.128 e. The van der Waals surface area contributed by atoms with Gasteiger partial charge in [0.05, 0.1) is 109 Å². The third-order valence-corrected chi connectivity index (χ3v) is 24.5. The first kappa shape index (κ1) is 88.6. The molecular weight excluding hydrogens is 1310 g/mol. The Morgan fingerprint density at radius 1 is 0.241 bits per heavy atom. The maximum atomic E-state index is 2.50. The van der Waals surface area contributed by atoms with E-state index in [1.165, 1.54) is 228 Å². The van der Waals surface area contributed by atoms with Crippen LogP contribution in [-0.2, 0) is 77.8 Å². The van der Waals surface area contributed by atoms with Gasteiger partial charge in [-0.25, -0.2) is 0 Å². The van der Waals surface area contributed by atoms with Crippen LogP contribution in [0.5, 0.6) is 0 Å². The van der Waals surface area contributed by atoms with Gasteiger partial charge in [-0.2, -0.15) is 0 Å². The molecule has 108 heavy (non-hydrogen) atoms. The van der Waals surface area contributed by atoms with Crippen molar-refractivity contribution in [3.63, 3.8) is 0 Å². The highest BCUT2D eigenvalue weighted by Crippen LogP contribution is 2.39. The summed E-state index contributed by atoms with van der Waals surface area (Å²) in [6.45, 7) is 61.8. The monoisotopic (exact) mass is 1480 g/mol. The molecule has 0 bridgehead atoms. The highest BCUT2D eigenvalue weighted by atomic mass is 15.4. The van der Waals surface area contributed by atoms with Gasteiger partial charge in [0.1, 0.15) is 52.4 Å². The number of hydrogen-bond acceptors (Lipinski definition) is 0. The number of quaternary nitrogens is 6. The van der Waals surface area contributed by atoms with E-state index in [0.29, 0.717) is 32.5 Å². The van der Waals surface area contributed by atoms with Gasteiger partial charge in [-0.05, 0) is 155 Å². The minimum Gasteiger partial charge on any atom is -0.322 e. The van der Waals surface area contributed by atoms with Crippen LogP contribution in [0.3, 0.4) is 0 Å². The summed E-state index contributed by atoms with van der Waals surface area (Å²) in [6.07, 6.45) is 18.3. The zero-order valence-electron chi connectivity index (χ0n) is 75.1. The number of benzene rings is 6. The number of likely N-dealkylation sites (N-methyl/N-ethyl adjacent to an activating group) is 2. The number of piperidine rings is 2. The SMILES string of the molecule is CC(C)(C)Cc1ccc(C[N+](C)(C)CC[N+](C)(C)Cc2ccc(CC(C)(C)C)cc2)cc1.CC(C)(C)Cc1ccc(C[N+]2(C)CCC(CC3CC[N+](C)(Cc4ccc(CC(C)(C)C)cc4)C3)C2)cc1.CC(C)(C)Cc1ccc(C[N+]2(C)CCC(CC3CC[N+](C)(Cc4ccc(CC(C)(C)C)cc4)CC3)CC2)cc1. The third kappa shape index (κ3) is 32.7. The molecule has 0 saturated carbocycles. The van der Waals surface area contributed by atoms with Crippen molar-refractivity contribution in [3.05, 3.63) is 212 Å². The Morgan fingerprint density at radius 3 is 0.620 bits per heavy atom. The summed E-state index contributed by atoms with van der Waals surface area (Å²) in [6, 6.07) is 56.8. The molecule has 4 aliphatic heterocycles. The van der Waals surface area contributed by atoms with Crippen molar-refractivity contribution >= 4 is 0 Å². The quantitative estimate of drug-likeness (QED) is 0.0501. The van der Waals surface area contributed by atoms with Gasteiger partial charge in [0.25, 0.3) is 0 Å². The minimum atomic E-state index is 0.341. The van der Waals surface area contributed by atoms with Crippen LogP contribution >= 0.6 is 0 Å². The van der Waals surface area contributed by atoms with E-state index in [0.717, 1.165) is 84.3 Å². The fraction of sp³-hybridized carbons (Fsp3) is 0.647. The van der Waals surface area contributed by atoms with Crippen LogP contribution in [0, 0.1) is 56.2 Å². The molecule has 0 aromatic heterocycles. The van der Waals surface area contributed by atoms with E-state index in [-0.39, 0.29) is 0 Å². The average Bonchev–Trinajstić information content (AvgIpc) is 1.58. The maximum Gasteiger partial charge on any atom is 0.128 e. The lowest BCUT2D eigenvalue weighted by molar-refractivity contribution is -0.958. The van der Waals surface area contributed by atoms with E-state index < -0.39 is 0 Å². The molecule has 0 spiro atoms. The molecule has 4 aliphatic rings. The van der Waals surface area contributed by atoms with Crippen molar-refractivity contribution in [3.8, 4) is 0 Å². The third-order valence-electron chi connectivity index (χ3n) is 24.5. The van der Waals surface area contributed by atoms with Crippen LogP contribution in [0.15, 0.2) is 146 Å². The van der Waals surface area contributed by atoms with E-state index >= 15 is 0 Å². The van der Waals surface area contributed by atoms with Crippen molar-refractivity contribution in [2.24, 2.45) is 56.2 Å². The van der Waals surface area contributed by atoms with E-state index in [4.69, 9.17) is 0 Å². The van der Waals surface area contributed by atoms with Crippen LogP contribution in [0.4, 0.5) is 0 Å². The first-order valence-electron chi connectivity index (χ1n) is 43.3. The molecule has 4 unspecified atom stereocenters. The summed E-state index contributed by atoms with van der Waals surface area (Å²) >= 11 is 0. The van der Waals surface area contributed by atoms with Gasteiger partial charge >= 0.3 is 0 Å². The maximum absolute atomic E-state index is 2.50. The van der Waals surface area contributed by atoms with Crippen molar-refractivity contribution in [2.75, 3.05) is 122 Å². The van der Waals surface area contributed by atoms with Crippen LogP contribution < -0.4 is 0 Å². The van der Waals surface area contributed by atoms with Gasteiger partial charge in [0, 0.05) is 58.1 Å². The Balaban J connectivity index is 0.000000205.